The average Bonchev–Trinajstić information content (AvgIpc) is 3.24. The molecule has 3 aromatic heterocycles. The van der Waals surface area contributed by atoms with E-state index in [2.05, 4.69) is 30.9 Å². The predicted octanol–water partition coefficient (Wildman–Crippen LogP) is 3.02. The SMILES string of the molecule is CCc1ncc(F)cc1[C@@H](C)Nc1ccn2ncc(C3=NC(C)(C)ON3)c2n1. The first-order chi connectivity index (χ1) is 13.4. The van der Waals surface area contributed by atoms with Gasteiger partial charge in [0.2, 0.25) is 0 Å². The van der Waals surface area contributed by atoms with E-state index in [4.69, 9.17) is 4.84 Å². The standard InChI is InChI=1S/C19H22FN7O/c1-5-15-13(8-12(20)9-21-15)11(2)23-16-6-7-27-18(24-16)14(10-22-27)17-25-19(3,4)28-26-17/h6-11H,5H2,1-4H3,(H,23,24)(H,25,26)/t11-/m1/s1. The zero-order valence-electron chi connectivity index (χ0n) is 16.2. The Morgan fingerprint density at radius 3 is 2.89 bits per heavy atom. The van der Waals surface area contributed by atoms with Gasteiger partial charge in [0, 0.05) is 11.9 Å². The average molecular weight is 383 g/mol. The molecule has 0 saturated heterocycles. The molecule has 28 heavy (non-hydrogen) atoms. The number of anilines is 1. The molecule has 1 aliphatic heterocycles. The highest BCUT2D eigenvalue weighted by Gasteiger charge is 2.28. The molecule has 0 unspecified atom stereocenters. The predicted molar refractivity (Wildman–Crippen MR) is 103 cm³/mol. The minimum atomic E-state index is -0.644. The molecule has 2 N–H and O–H groups in total. The lowest BCUT2D eigenvalue weighted by Gasteiger charge is -2.17. The Morgan fingerprint density at radius 2 is 2.18 bits per heavy atom. The molecular formula is C19H22FN7O. The number of hydrogen-bond donors (Lipinski definition) is 2. The van der Waals surface area contributed by atoms with Gasteiger partial charge in [-0.15, -0.1) is 0 Å². The Morgan fingerprint density at radius 1 is 1.36 bits per heavy atom. The lowest BCUT2D eigenvalue weighted by atomic mass is 10.0. The van der Waals surface area contributed by atoms with Crippen molar-refractivity contribution < 1.29 is 9.23 Å². The zero-order valence-corrected chi connectivity index (χ0v) is 16.2. The summed E-state index contributed by atoms with van der Waals surface area (Å²) in [5.41, 5.74) is 5.24. The molecule has 8 nitrogen and oxygen atoms in total. The van der Waals surface area contributed by atoms with Crippen molar-refractivity contribution in [1.82, 2.24) is 25.1 Å². The van der Waals surface area contributed by atoms with Gasteiger partial charge in [-0.2, -0.15) is 5.10 Å². The highest BCUT2D eigenvalue weighted by atomic mass is 19.1. The molecule has 0 amide bonds. The van der Waals surface area contributed by atoms with Gasteiger partial charge in [0.15, 0.2) is 17.2 Å². The monoisotopic (exact) mass is 383 g/mol. The fraction of sp³-hybridized carbons (Fsp3) is 0.368. The highest BCUT2D eigenvalue weighted by Crippen LogP contribution is 2.24. The number of amidine groups is 1. The topological polar surface area (TPSA) is 88.7 Å². The molecule has 3 aromatic rings. The summed E-state index contributed by atoms with van der Waals surface area (Å²) in [6.45, 7) is 7.67. The third-order valence-electron chi connectivity index (χ3n) is 4.54. The summed E-state index contributed by atoms with van der Waals surface area (Å²) in [5, 5.41) is 7.64. The van der Waals surface area contributed by atoms with Gasteiger partial charge in [-0.1, -0.05) is 6.92 Å². The molecule has 0 aromatic carbocycles. The van der Waals surface area contributed by atoms with Crippen LogP contribution in [0.4, 0.5) is 10.2 Å². The van der Waals surface area contributed by atoms with Crippen LogP contribution in [0.3, 0.4) is 0 Å². The Labute approximate surface area is 161 Å². The van der Waals surface area contributed by atoms with Gasteiger partial charge in [-0.25, -0.2) is 29.2 Å². The van der Waals surface area contributed by atoms with Crippen LogP contribution in [0.25, 0.3) is 5.65 Å². The lowest BCUT2D eigenvalue weighted by molar-refractivity contribution is -0.0269. The van der Waals surface area contributed by atoms with E-state index in [1.54, 1.807) is 10.7 Å². The van der Waals surface area contributed by atoms with Crippen molar-refractivity contribution in [2.75, 3.05) is 5.32 Å². The van der Waals surface area contributed by atoms with Crippen LogP contribution in [0.15, 0.2) is 35.7 Å². The third kappa shape index (κ3) is 3.40. The number of hydroxylamine groups is 1. The second-order valence-corrected chi connectivity index (χ2v) is 7.16. The van der Waals surface area contributed by atoms with Crippen molar-refractivity contribution in [2.24, 2.45) is 4.99 Å². The van der Waals surface area contributed by atoms with Gasteiger partial charge in [-0.3, -0.25) is 4.98 Å². The number of aryl methyl sites for hydroxylation is 1. The Balaban J connectivity index is 1.65. The molecule has 0 bridgehead atoms. The molecule has 0 fully saturated rings. The van der Waals surface area contributed by atoms with Crippen LogP contribution >= 0.6 is 0 Å². The van der Waals surface area contributed by atoms with Gasteiger partial charge < -0.3 is 5.32 Å². The van der Waals surface area contributed by atoms with E-state index in [-0.39, 0.29) is 11.9 Å². The number of aliphatic imine (C=N–C) groups is 1. The summed E-state index contributed by atoms with van der Waals surface area (Å²) in [7, 11) is 0. The number of pyridine rings is 1. The number of halogens is 1. The summed E-state index contributed by atoms with van der Waals surface area (Å²) in [4.78, 5) is 18.8. The Bertz CT molecular complexity index is 1060. The number of aromatic nitrogens is 4. The molecule has 0 saturated carbocycles. The molecule has 146 valence electrons. The Hall–Kier alpha value is -3.07. The van der Waals surface area contributed by atoms with Crippen LogP contribution in [0.1, 0.15) is 50.6 Å². The highest BCUT2D eigenvalue weighted by molar-refractivity contribution is 6.03. The molecule has 0 aliphatic carbocycles. The van der Waals surface area contributed by atoms with Gasteiger partial charge >= 0.3 is 0 Å². The van der Waals surface area contributed by atoms with Crippen molar-refractivity contribution in [2.45, 2.75) is 45.9 Å². The van der Waals surface area contributed by atoms with E-state index in [9.17, 15) is 4.39 Å². The molecule has 4 rings (SSSR count). The third-order valence-corrected chi connectivity index (χ3v) is 4.54. The van der Waals surface area contributed by atoms with Crippen LogP contribution in [0.5, 0.6) is 0 Å². The van der Waals surface area contributed by atoms with Crippen molar-refractivity contribution in [3.8, 4) is 0 Å². The van der Waals surface area contributed by atoms with E-state index in [1.165, 1.54) is 12.3 Å². The van der Waals surface area contributed by atoms with E-state index in [0.29, 0.717) is 17.3 Å². The number of rotatable bonds is 5. The smallest absolute Gasteiger partial charge is 0.182 e. The van der Waals surface area contributed by atoms with Gasteiger partial charge in [0.25, 0.3) is 0 Å². The quantitative estimate of drug-likeness (QED) is 0.704. The van der Waals surface area contributed by atoms with Crippen molar-refractivity contribution in [3.05, 3.63) is 53.4 Å². The maximum Gasteiger partial charge on any atom is 0.182 e. The van der Waals surface area contributed by atoms with Crippen LogP contribution in [0, 0.1) is 5.82 Å². The number of hydrogen-bond acceptors (Lipinski definition) is 7. The molecule has 0 spiro atoms. The number of nitrogens with one attached hydrogen (secondary N) is 2. The minimum Gasteiger partial charge on any atom is -0.363 e. The summed E-state index contributed by atoms with van der Waals surface area (Å²) in [6.07, 6.45) is 5.48. The maximum atomic E-state index is 13.7. The van der Waals surface area contributed by atoms with Crippen LogP contribution < -0.4 is 10.8 Å². The van der Waals surface area contributed by atoms with Crippen molar-refractivity contribution in [3.63, 3.8) is 0 Å². The first-order valence-corrected chi connectivity index (χ1v) is 9.16. The van der Waals surface area contributed by atoms with Crippen molar-refractivity contribution in [1.29, 1.82) is 0 Å². The van der Waals surface area contributed by atoms with E-state index < -0.39 is 5.72 Å². The van der Waals surface area contributed by atoms with E-state index in [0.717, 1.165) is 23.2 Å². The van der Waals surface area contributed by atoms with Crippen LogP contribution in [-0.4, -0.2) is 31.1 Å². The Kier molecular flexibility index (Phi) is 4.46. The summed E-state index contributed by atoms with van der Waals surface area (Å²) in [6, 6.07) is 3.18. The minimum absolute atomic E-state index is 0.163. The molecule has 1 atom stereocenters. The van der Waals surface area contributed by atoms with Crippen molar-refractivity contribution >= 4 is 17.3 Å². The number of fused-ring (bicyclic) bond motifs is 1. The summed E-state index contributed by atoms with van der Waals surface area (Å²) < 4.78 is 15.4. The molecule has 9 heteroatoms. The van der Waals surface area contributed by atoms with Gasteiger partial charge in [0.1, 0.15) is 11.6 Å². The van der Waals surface area contributed by atoms with E-state index in [1.807, 2.05) is 40.0 Å². The number of nitrogens with zero attached hydrogens (tertiary/aromatic N) is 5. The largest absolute Gasteiger partial charge is 0.363 e. The van der Waals surface area contributed by atoms with Gasteiger partial charge in [-0.05, 0) is 44.9 Å². The zero-order chi connectivity index (χ0) is 19.9. The normalized spacial score (nSPS) is 16.7. The van der Waals surface area contributed by atoms with Crippen LogP contribution in [0.2, 0.25) is 0 Å². The van der Waals surface area contributed by atoms with Gasteiger partial charge in [0.05, 0.1) is 24.0 Å². The van der Waals surface area contributed by atoms with Crippen LogP contribution in [-0.2, 0) is 11.3 Å². The second-order valence-electron chi connectivity index (χ2n) is 7.16. The molecular weight excluding hydrogens is 361 g/mol. The molecule has 4 heterocycles. The second kappa shape index (κ2) is 6.83. The first kappa shape index (κ1) is 18.3. The van der Waals surface area contributed by atoms with E-state index >= 15 is 0 Å². The molecule has 0 radical (unpaired) electrons. The first-order valence-electron chi connectivity index (χ1n) is 9.16. The maximum absolute atomic E-state index is 13.7. The molecule has 1 aliphatic rings. The fourth-order valence-electron chi connectivity index (χ4n) is 3.17. The fourth-order valence-corrected chi connectivity index (χ4v) is 3.17. The summed E-state index contributed by atoms with van der Waals surface area (Å²) in [5.74, 6) is 0.877. The lowest BCUT2D eigenvalue weighted by Crippen LogP contribution is -2.23. The summed E-state index contributed by atoms with van der Waals surface area (Å²) >= 11 is 0.